The summed E-state index contributed by atoms with van der Waals surface area (Å²) >= 11 is 2.29. The molecule has 0 bridgehead atoms. The quantitative estimate of drug-likeness (QED) is 0.0739. The average molecular weight is 1140 g/mol. The number of aromatic nitrogens is 4. The molecule has 390 valence electrons. The van der Waals surface area contributed by atoms with E-state index in [1.807, 2.05) is 35.1 Å². The highest BCUT2D eigenvalue weighted by Crippen LogP contribution is 2.39. The molecule has 4 heterocycles. The maximum absolute atomic E-state index is 13.6. The Morgan fingerprint density at radius 1 is 0.640 bits per heavy atom. The molecular weight excluding hydrogens is 1090 g/mol. The lowest BCUT2D eigenvalue weighted by atomic mass is 9.99. The number of nitrogens with two attached hydrogens (primary N) is 1. The number of benzene rings is 6. The number of halogens is 7. The van der Waals surface area contributed by atoms with Gasteiger partial charge in [0.2, 0.25) is 11.8 Å². The molecule has 5 N–H and O–H groups in total. The first-order valence-electron chi connectivity index (χ1n) is 23.5. The van der Waals surface area contributed by atoms with Gasteiger partial charge in [-0.15, -0.1) is 0 Å². The van der Waals surface area contributed by atoms with E-state index in [2.05, 4.69) is 72.7 Å². The summed E-state index contributed by atoms with van der Waals surface area (Å²) in [7, 11) is 1.50. The predicted octanol–water partition coefficient (Wildman–Crippen LogP) is 9.63. The molecule has 4 amide bonds. The highest BCUT2D eigenvalue weighted by Gasteiger charge is 2.45. The standard InChI is InChI=1S/C27H23F3N4O2.C14H10FIN2.C13H14F2N2O2.CH5N/c1-27(29,30)26(36)32-22-14-24(35)34(25(22)18-5-3-2-4-6-18)21-11-12-23-19(13-21)15-31-33(23)16-17-7-9-20(28)10-8-17;15-12-3-1-10(2-4-12)9-18-14-6-5-13(16)7-11(14)8-17-18;1-13(14,15)12(19)16-9-7-10(18)17-11(9)8-5-3-2-4-6-8;1-2/h2-13,15,22,25H,14,16H2,1H3,(H,32,36);1-8H,9H2;2-6,9,11H,7H2,1H3,(H,16,19)(H,17,18);2H2,1H3/t22-,25+;;9-,11?;/m0.0./s1. The van der Waals surface area contributed by atoms with E-state index in [-0.39, 0.29) is 36.3 Å². The third kappa shape index (κ3) is 14.0. The zero-order chi connectivity index (χ0) is 54.0. The molecule has 2 aliphatic heterocycles. The van der Waals surface area contributed by atoms with Crippen molar-refractivity contribution in [1.82, 2.24) is 35.5 Å². The number of hydrogen-bond donors (Lipinski definition) is 4. The lowest BCUT2D eigenvalue weighted by Crippen LogP contribution is -2.46. The fourth-order valence-electron chi connectivity index (χ4n) is 8.61. The van der Waals surface area contributed by atoms with Gasteiger partial charge in [0, 0.05) is 46.7 Å². The largest absolute Gasteiger partial charge is 0.347 e. The average Bonchev–Trinajstić information content (AvgIpc) is 4.18. The van der Waals surface area contributed by atoms with Crippen molar-refractivity contribution in [3.8, 4) is 0 Å². The van der Waals surface area contributed by atoms with E-state index in [1.165, 1.54) is 34.9 Å². The van der Waals surface area contributed by atoms with E-state index in [9.17, 15) is 45.5 Å². The van der Waals surface area contributed by atoms with E-state index in [0.29, 0.717) is 32.6 Å². The van der Waals surface area contributed by atoms with Crippen LogP contribution in [0, 0.1) is 15.2 Å². The Morgan fingerprint density at radius 2 is 1.11 bits per heavy atom. The van der Waals surface area contributed by atoms with Gasteiger partial charge in [0.1, 0.15) is 11.6 Å². The third-order valence-electron chi connectivity index (χ3n) is 12.2. The smallest absolute Gasteiger partial charge is 0.321 e. The highest BCUT2D eigenvalue weighted by molar-refractivity contribution is 14.1. The van der Waals surface area contributed by atoms with Gasteiger partial charge in [-0.3, -0.25) is 28.5 Å². The van der Waals surface area contributed by atoms with Gasteiger partial charge >= 0.3 is 11.8 Å². The second kappa shape index (κ2) is 24.2. The van der Waals surface area contributed by atoms with E-state index >= 15 is 0 Å². The number of amides is 4. The SMILES string of the molecule is CC(F)(F)C(=O)N[C@H]1CC(=O)N(c2ccc3c(cnn3Cc3ccc(F)cc3)c2)[C@@H]1c1ccccc1.CC(F)(F)C(=O)N[C@H]1CC(=O)NC1c1ccccc1.CN.Fc1ccc(Cn2ncc3cc(I)ccc32)cc1. The van der Waals surface area contributed by atoms with Crippen LogP contribution in [0.5, 0.6) is 0 Å². The first-order valence-corrected chi connectivity index (χ1v) is 24.6. The minimum Gasteiger partial charge on any atom is -0.347 e. The van der Waals surface area contributed by atoms with Crippen molar-refractivity contribution in [2.24, 2.45) is 5.73 Å². The second-order valence-corrected chi connectivity index (χ2v) is 19.0. The predicted molar refractivity (Wildman–Crippen MR) is 282 cm³/mol. The fraction of sp³-hybridized carbons (Fsp3) is 0.236. The van der Waals surface area contributed by atoms with Crippen LogP contribution < -0.4 is 26.6 Å². The summed E-state index contributed by atoms with van der Waals surface area (Å²) in [4.78, 5) is 49.5. The molecule has 2 aliphatic rings. The van der Waals surface area contributed by atoms with Crippen LogP contribution >= 0.6 is 22.6 Å². The van der Waals surface area contributed by atoms with Crippen molar-refractivity contribution in [2.75, 3.05) is 11.9 Å². The zero-order valence-electron chi connectivity index (χ0n) is 40.7. The number of nitrogens with zero attached hydrogens (tertiary/aromatic N) is 5. The molecule has 6 aromatic carbocycles. The van der Waals surface area contributed by atoms with Gasteiger partial charge in [-0.25, -0.2) is 8.78 Å². The van der Waals surface area contributed by atoms with Crippen LogP contribution in [-0.2, 0) is 32.3 Å². The minimum absolute atomic E-state index is 0.00137. The Kier molecular flexibility index (Phi) is 17.8. The van der Waals surface area contributed by atoms with Crippen LogP contribution in [0.4, 0.5) is 32.0 Å². The number of carbonyl (C=O) groups is 4. The van der Waals surface area contributed by atoms with Crippen molar-refractivity contribution in [3.05, 3.63) is 195 Å². The van der Waals surface area contributed by atoms with Gasteiger partial charge in [0.05, 0.1) is 60.7 Å². The Bertz CT molecular complexity index is 3240. The molecule has 1 unspecified atom stereocenters. The van der Waals surface area contributed by atoms with Crippen molar-refractivity contribution < 1.29 is 45.5 Å². The summed E-state index contributed by atoms with van der Waals surface area (Å²) in [5.74, 6) is -10.9. The number of hydrogen-bond acceptors (Lipinski definition) is 7. The molecule has 20 heteroatoms. The summed E-state index contributed by atoms with van der Waals surface area (Å²) < 4.78 is 84.0. The summed E-state index contributed by atoms with van der Waals surface area (Å²) in [5.41, 5.74) is 10.4. The topological polar surface area (TPSA) is 169 Å². The lowest BCUT2D eigenvalue weighted by Gasteiger charge is -2.29. The molecule has 13 nitrogen and oxygen atoms in total. The van der Waals surface area contributed by atoms with E-state index in [4.69, 9.17) is 0 Å². The van der Waals surface area contributed by atoms with Crippen molar-refractivity contribution in [2.45, 2.75) is 75.8 Å². The molecule has 2 saturated heterocycles. The molecule has 0 spiro atoms. The maximum Gasteiger partial charge on any atom is 0.321 e. The molecule has 8 aromatic rings. The number of rotatable bonds is 11. The highest BCUT2D eigenvalue weighted by atomic mass is 127. The van der Waals surface area contributed by atoms with Crippen LogP contribution in [0.25, 0.3) is 21.8 Å². The van der Waals surface area contributed by atoms with Gasteiger partial charge in [0.25, 0.3) is 11.8 Å². The molecule has 10 rings (SSSR count). The van der Waals surface area contributed by atoms with Crippen LogP contribution in [0.15, 0.2) is 158 Å². The van der Waals surface area contributed by atoms with Crippen LogP contribution in [0.3, 0.4) is 0 Å². The van der Waals surface area contributed by atoms with E-state index in [0.717, 1.165) is 44.1 Å². The molecule has 0 saturated carbocycles. The number of carbonyl (C=O) groups excluding carboxylic acids is 4. The number of fused-ring (bicyclic) bond motifs is 2. The summed E-state index contributed by atoms with van der Waals surface area (Å²) in [6.45, 7) is 2.16. The van der Waals surface area contributed by atoms with Crippen molar-refractivity contribution >= 4 is 73.7 Å². The van der Waals surface area contributed by atoms with Gasteiger partial charge in [0.15, 0.2) is 0 Å². The summed E-state index contributed by atoms with van der Waals surface area (Å²) in [6.07, 6.45) is 3.43. The summed E-state index contributed by atoms with van der Waals surface area (Å²) in [6, 6.07) is 39.7. The molecule has 4 atom stereocenters. The summed E-state index contributed by atoms with van der Waals surface area (Å²) in [5, 5.41) is 18.0. The molecule has 2 fully saturated rings. The van der Waals surface area contributed by atoms with Crippen LogP contribution in [0.1, 0.15) is 61.0 Å². The first kappa shape index (κ1) is 55.2. The van der Waals surface area contributed by atoms with Gasteiger partial charge in [-0.2, -0.15) is 27.8 Å². The first-order chi connectivity index (χ1) is 35.8. The Balaban J connectivity index is 0.000000177. The fourth-order valence-corrected chi connectivity index (χ4v) is 9.13. The van der Waals surface area contributed by atoms with Gasteiger partial charge < -0.3 is 26.6 Å². The molecule has 75 heavy (non-hydrogen) atoms. The minimum atomic E-state index is -3.56. The molecule has 0 aliphatic carbocycles. The Hall–Kier alpha value is -7.59. The second-order valence-electron chi connectivity index (χ2n) is 17.7. The zero-order valence-corrected chi connectivity index (χ0v) is 42.9. The third-order valence-corrected chi connectivity index (χ3v) is 12.8. The van der Waals surface area contributed by atoms with Crippen LogP contribution in [0.2, 0.25) is 0 Å². The van der Waals surface area contributed by atoms with Gasteiger partial charge in [-0.1, -0.05) is 84.9 Å². The van der Waals surface area contributed by atoms with Crippen molar-refractivity contribution in [1.29, 1.82) is 0 Å². The molecular formula is C55H52F6IN9O4. The normalized spacial score (nSPS) is 17.2. The number of anilines is 1. The molecule has 0 radical (unpaired) electrons. The number of nitrogens with one attached hydrogen (secondary N) is 3. The van der Waals surface area contributed by atoms with Crippen LogP contribution in [-0.4, -0.2) is 74.2 Å². The van der Waals surface area contributed by atoms with Crippen molar-refractivity contribution in [3.63, 3.8) is 0 Å². The molecule has 2 aromatic heterocycles. The lowest BCUT2D eigenvalue weighted by molar-refractivity contribution is -0.144. The maximum atomic E-state index is 13.6. The van der Waals surface area contributed by atoms with Gasteiger partial charge in [-0.05, 0) is 113 Å². The Morgan fingerprint density at radius 3 is 1.61 bits per heavy atom. The van der Waals surface area contributed by atoms with E-state index in [1.54, 1.807) is 94.6 Å². The Labute approximate surface area is 441 Å². The monoisotopic (exact) mass is 1140 g/mol. The van der Waals surface area contributed by atoms with E-state index < -0.39 is 47.8 Å². The number of alkyl halides is 4.